The zero-order valence-electron chi connectivity index (χ0n) is 14.3. The van der Waals surface area contributed by atoms with E-state index in [4.69, 9.17) is 0 Å². The van der Waals surface area contributed by atoms with Gasteiger partial charge in [-0.15, -0.1) is 0 Å². The molecule has 3 aliphatic rings. The molecule has 1 unspecified atom stereocenters. The van der Waals surface area contributed by atoms with Crippen molar-refractivity contribution < 1.29 is 13.6 Å². The number of carbonyl (C=O) groups excluding carboxylic acids is 1. The molecule has 3 fully saturated rings. The first-order chi connectivity index (χ1) is 12.0. The average Bonchev–Trinajstić information content (AvgIpc) is 3.03. The zero-order chi connectivity index (χ0) is 17.4. The molecule has 1 amide bonds. The van der Waals surface area contributed by atoms with Crippen LogP contribution in [0.3, 0.4) is 0 Å². The van der Waals surface area contributed by atoms with Crippen LogP contribution >= 0.6 is 0 Å². The first kappa shape index (κ1) is 16.7. The number of amides is 1. The van der Waals surface area contributed by atoms with Gasteiger partial charge in [0.1, 0.15) is 12.1 Å². The number of nitrogens with zero attached hydrogens (tertiary/aromatic N) is 4. The average molecular weight is 350 g/mol. The third-order valence-electron chi connectivity index (χ3n) is 5.87. The molecule has 4 rings (SSSR count). The van der Waals surface area contributed by atoms with Crippen molar-refractivity contribution in [2.75, 3.05) is 31.1 Å². The minimum Gasteiger partial charge on any atom is -0.356 e. The van der Waals surface area contributed by atoms with Crippen LogP contribution in [0.5, 0.6) is 0 Å². The summed E-state index contributed by atoms with van der Waals surface area (Å²) in [5, 5.41) is 0. The molecule has 1 aromatic heterocycles. The monoisotopic (exact) mass is 350 g/mol. The Morgan fingerprint density at radius 2 is 1.88 bits per heavy atom. The largest absolute Gasteiger partial charge is 0.356 e. The van der Waals surface area contributed by atoms with Crippen molar-refractivity contribution in [3.8, 4) is 0 Å². The summed E-state index contributed by atoms with van der Waals surface area (Å²) in [4.78, 5) is 25.2. The molecule has 25 heavy (non-hydrogen) atoms. The highest BCUT2D eigenvalue weighted by Crippen LogP contribution is 2.36. The van der Waals surface area contributed by atoms with Crippen LogP contribution in [0.2, 0.25) is 0 Å². The van der Waals surface area contributed by atoms with E-state index in [9.17, 15) is 13.6 Å². The highest BCUT2D eigenvalue weighted by Gasteiger charge is 2.39. The quantitative estimate of drug-likeness (QED) is 0.841. The maximum atomic E-state index is 13.3. The van der Waals surface area contributed by atoms with E-state index >= 15 is 0 Å². The Kier molecular flexibility index (Phi) is 4.33. The molecule has 5 nitrogen and oxygen atoms in total. The SMILES string of the molecule is O=C(C1CCN(c2cc(C3CCC3)ncn2)C1)N1CCC(F)(F)CC1. The summed E-state index contributed by atoms with van der Waals surface area (Å²) < 4.78 is 26.6. The van der Waals surface area contributed by atoms with Gasteiger partial charge in [0, 0.05) is 56.7 Å². The van der Waals surface area contributed by atoms with Crippen molar-refractivity contribution in [1.29, 1.82) is 0 Å². The molecule has 1 aromatic rings. The summed E-state index contributed by atoms with van der Waals surface area (Å²) in [6.45, 7) is 1.73. The number of aromatic nitrogens is 2. The second-order valence-corrected chi connectivity index (χ2v) is 7.54. The molecular formula is C18H24F2N4O. The molecular weight excluding hydrogens is 326 g/mol. The second kappa shape index (κ2) is 6.50. The topological polar surface area (TPSA) is 49.3 Å². The Balaban J connectivity index is 1.37. The fraction of sp³-hybridized carbons (Fsp3) is 0.722. The second-order valence-electron chi connectivity index (χ2n) is 7.54. The number of carbonyl (C=O) groups is 1. The highest BCUT2D eigenvalue weighted by molar-refractivity contribution is 5.80. The lowest BCUT2D eigenvalue weighted by Gasteiger charge is -2.33. The lowest BCUT2D eigenvalue weighted by molar-refractivity contribution is -0.140. The first-order valence-electron chi connectivity index (χ1n) is 9.25. The van der Waals surface area contributed by atoms with E-state index in [2.05, 4.69) is 20.9 Å². The van der Waals surface area contributed by atoms with Crippen molar-refractivity contribution >= 4 is 11.7 Å². The summed E-state index contributed by atoms with van der Waals surface area (Å²) in [6, 6.07) is 2.05. The molecule has 2 saturated heterocycles. The molecule has 0 aromatic carbocycles. The van der Waals surface area contributed by atoms with E-state index in [-0.39, 0.29) is 37.8 Å². The van der Waals surface area contributed by atoms with E-state index in [1.807, 2.05) is 0 Å². The van der Waals surface area contributed by atoms with Crippen molar-refractivity contribution in [2.45, 2.75) is 50.4 Å². The molecule has 136 valence electrons. The van der Waals surface area contributed by atoms with E-state index in [0.29, 0.717) is 12.5 Å². The van der Waals surface area contributed by atoms with Gasteiger partial charge in [0.2, 0.25) is 5.91 Å². The smallest absolute Gasteiger partial charge is 0.251 e. The van der Waals surface area contributed by atoms with Gasteiger partial charge in [0.25, 0.3) is 5.92 Å². The predicted octanol–water partition coefficient (Wildman–Crippen LogP) is 2.83. The molecule has 3 heterocycles. The van der Waals surface area contributed by atoms with Gasteiger partial charge >= 0.3 is 0 Å². The Morgan fingerprint density at radius 1 is 1.12 bits per heavy atom. The minimum absolute atomic E-state index is 0.0197. The molecule has 2 aliphatic heterocycles. The van der Waals surface area contributed by atoms with Gasteiger partial charge in [0.15, 0.2) is 0 Å². The summed E-state index contributed by atoms with van der Waals surface area (Å²) in [6.07, 6.45) is 5.59. The third-order valence-corrected chi connectivity index (χ3v) is 5.87. The van der Waals surface area contributed by atoms with Crippen LogP contribution in [0.25, 0.3) is 0 Å². The minimum atomic E-state index is -2.61. The van der Waals surface area contributed by atoms with Crippen LogP contribution in [0, 0.1) is 5.92 Å². The lowest BCUT2D eigenvalue weighted by atomic mass is 9.83. The van der Waals surface area contributed by atoms with Gasteiger partial charge in [-0.25, -0.2) is 18.7 Å². The number of hydrogen-bond acceptors (Lipinski definition) is 4. The third kappa shape index (κ3) is 3.46. The van der Waals surface area contributed by atoms with Gasteiger partial charge in [-0.1, -0.05) is 6.42 Å². The first-order valence-corrected chi connectivity index (χ1v) is 9.25. The van der Waals surface area contributed by atoms with Crippen molar-refractivity contribution in [1.82, 2.24) is 14.9 Å². The molecule has 7 heteroatoms. The Bertz CT molecular complexity index is 640. The summed E-state index contributed by atoms with van der Waals surface area (Å²) in [5.74, 6) is -1.27. The van der Waals surface area contributed by atoms with E-state index in [1.165, 1.54) is 19.3 Å². The van der Waals surface area contributed by atoms with Crippen LogP contribution in [0.4, 0.5) is 14.6 Å². The molecule has 1 aliphatic carbocycles. The number of likely N-dealkylation sites (tertiary alicyclic amines) is 1. The number of rotatable bonds is 3. The molecule has 1 atom stereocenters. The Hall–Kier alpha value is -1.79. The Morgan fingerprint density at radius 3 is 2.56 bits per heavy atom. The molecule has 0 spiro atoms. The maximum Gasteiger partial charge on any atom is 0.251 e. The predicted molar refractivity (Wildman–Crippen MR) is 89.7 cm³/mol. The van der Waals surface area contributed by atoms with Crippen LogP contribution in [-0.4, -0.2) is 52.9 Å². The summed E-state index contributed by atoms with van der Waals surface area (Å²) in [5.41, 5.74) is 1.10. The zero-order valence-corrected chi connectivity index (χ0v) is 14.3. The standard InChI is InChI=1S/C18H24F2N4O/c19-18(20)5-8-23(9-6-18)17(25)14-4-7-24(11-14)16-10-15(21-12-22-16)13-2-1-3-13/h10,12-14H,1-9,11H2. The van der Waals surface area contributed by atoms with Crippen molar-refractivity contribution in [2.24, 2.45) is 5.92 Å². The van der Waals surface area contributed by atoms with E-state index in [0.717, 1.165) is 24.5 Å². The fourth-order valence-electron chi connectivity index (χ4n) is 3.94. The molecule has 0 bridgehead atoms. The van der Waals surface area contributed by atoms with Crippen LogP contribution < -0.4 is 4.90 Å². The normalized spacial score (nSPS) is 26.6. The Labute approximate surface area is 146 Å². The van der Waals surface area contributed by atoms with Crippen molar-refractivity contribution in [3.63, 3.8) is 0 Å². The number of alkyl halides is 2. The van der Waals surface area contributed by atoms with E-state index < -0.39 is 5.92 Å². The highest BCUT2D eigenvalue weighted by atomic mass is 19.3. The molecule has 0 N–H and O–H groups in total. The van der Waals surface area contributed by atoms with Gasteiger partial charge in [0.05, 0.1) is 5.92 Å². The fourth-order valence-corrected chi connectivity index (χ4v) is 3.94. The maximum absolute atomic E-state index is 13.3. The van der Waals surface area contributed by atoms with Gasteiger partial charge in [-0.2, -0.15) is 0 Å². The lowest BCUT2D eigenvalue weighted by Crippen LogP contribution is -2.45. The summed E-state index contributed by atoms with van der Waals surface area (Å²) >= 11 is 0. The molecule has 0 radical (unpaired) electrons. The summed E-state index contributed by atoms with van der Waals surface area (Å²) in [7, 11) is 0. The van der Waals surface area contributed by atoms with Gasteiger partial charge < -0.3 is 9.80 Å². The molecule has 1 saturated carbocycles. The van der Waals surface area contributed by atoms with Crippen LogP contribution in [0.1, 0.15) is 50.1 Å². The van der Waals surface area contributed by atoms with Crippen LogP contribution in [-0.2, 0) is 4.79 Å². The van der Waals surface area contributed by atoms with Crippen LogP contribution in [0.15, 0.2) is 12.4 Å². The number of halogens is 2. The van der Waals surface area contributed by atoms with Gasteiger partial charge in [-0.3, -0.25) is 4.79 Å². The van der Waals surface area contributed by atoms with Gasteiger partial charge in [-0.05, 0) is 19.3 Å². The number of anilines is 1. The van der Waals surface area contributed by atoms with Crippen molar-refractivity contribution in [3.05, 3.63) is 18.1 Å². The number of hydrogen-bond donors (Lipinski definition) is 0. The van der Waals surface area contributed by atoms with E-state index in [1.54, 1.807) is 11.2 Å². The number of piperidine rings is 1.